The Hall–Kier alpha value is -1.33. The van der Waals surface area contributed by atoms with Crippen LogP contribution in [0.3, 0.4) is 0 Å². The largest absolute Gasteiger partial charge is 0.334 e. The van der Waals surface area contributed by atoms with Gasteiger partial charge >= 0.3 is 0 Å². The summed E-state index contributed by atoms with van der Waals surface area (Å²) in [6.45, 7) is 2.79. The van der Waals surface area contributed by atoms with Gasteiger partial charge in [0.15, 0.2) is 0 Å². The molecule has 1 aromatic rings. The zero-order chi connectivity index (χ0) is 13.1. The highest BCUT2D eigenvalue weighted by Gasteiger charge is 2.33. The second-order valence-corrected chi connectivity index (χ2v) is 4.81. The monoisotopic (exact) mass is 268 g/mol. The topological polar surface area (TPSA) is 71.2 Å². The Kier molecular flexibility index (Phi) is 4.04. The van der Waals surface area contributed by atoms with E-state index in [9.17, 15) is 4.79 Å². The molecular formula is C12H17ClN4O. The Morgan fingerprint density at radius 3 is 2.89 bits per heavy atom. The summed E-state index contributed by atoms with van der Waals surface area (Å²) in [5.41, 5.74) is 2.70. The third kappa shape index (κ3) is 2.73. The fourth-order valence-electron chi connectivity index (χ4n) is 1.89. The molecule has 5 nitrogen and oxygen atoms in total. The molecule has 0 radical (unpaired) electrons. The molecule has 1 aliphatic carbocycles. The standard InChI is InChI=1S/C12H17ClN4O/c1-2-7-17(8-3-4-8)12(18)11-9(13)5-6-10(15-11)16-14/h5-6,8H,2-4,7,14H2,1H3,(H,15,16). The molecule has 1 saturated carbocycles. The molecule has 1 heterocycles. The summed E-state index contributed by atoms with van der Waals surface area (Å²) in [5, 5.41) is 0.362. The molecule has 0 atom stereocenters. The van der Waals surface area contributed by atoms with Crippen LogP contribution in [0, 0.1) is 0 Å². The highest BCUT2D eigenvalue weighted by Crippen LogP contribution is 2.29. The van der Waals surface area contributed by atoms with Crippen molar-refractivity contribution in [1.29, 1.82) is 0 Å². The normalized spacial score (nSPS) is 14.4. The van der Waals surface area contributed by atoms with Gasteiger partial charge in [-0.15, -0.1) is 0 Å². The van der Waals surface area contributed by atoms with Crippen molar-refractivity contribution in [3.05, 3.63) is 22.8 Å². The van der Waals surface area contributed by atoms with Crippen molar-refractivity contribution in [1.82, 2.24) is 9.88 Å². The minimum absolute atomic E-state index is 0.110. The maximum Gasteiger partial charge on any atom is 0.274 e. The molecule has 1 amide bonds. The van der Waals surface area contributed by atoms with E-state index in [4.69, 9.17) is 17.4 Å². The first kappa shape index (κ1) is 13.1. The molecule has 0 aliphatic heterocycles. The van der Waals surface area contributed by atoms with E-state index in [1.807, 2.05) is 4.90 Å². The van der Waals surface area contributed by atoms with E-state index in [0.29, 0.717) is 16.9 Å². The molecule has 0 spiro atoms. The van der Waals surface area contributed by atoms with Crippen LogP contribution in [0.5, 0.6) is 0 Å². The van der Waals surface area contributed by atoms with Gasteiger partial charge < -0.3 is 10.3 Å². The van der Waals surface area contributed by atoms with Crippen molar-refractivity contribution in [3.63, 3.8) is 0 Å². The van der Waals surface area contributed by atoms with E-state index in [2.05, 4.69) is 17.3 Å². The molecule has 6 heteroatoms. The first-order chi connectivity index (χ1) is 8.67. The number of nitrogens with two attached hydrogens (primary N) is 1. The summed E-state index contributed by atoms with van der Waals surface area (Å²) >= 11 is 6.04. The molecule has 2 rings (SSSR count). The predicted octanol–water partition coefficient (Wildman–Crippen LogP) is 2.04. The third-order valence-corrected chi connectivity index (χ3v) is 3.21. The van der Waals surface area contributed by atoms with Crippen molar-refractivity contribution in [2.24, 2.45) is 5.84 Å². The van der Waals surface area contributed by atoms with Crippen LogP contribution in [0.25, 0.3) is 0 Å². The predicted molar refractivity (Wildman–Crippen MR) is 71.4 cm³/mol. The van der Waals surface area contributed by atoms with E-state index in [0.717, 1.165) is 25.8 Å². The molecule has 0 saturated heterocycles. The Balaban J connectivity index is 2.25. The molecule has 0 unspecified atom stereocenters. The number of aromatic nitrogens is 1. The van der Waals surface area contributed by atoms with E-state index >= 15 is 0 Å². The Bertz CT molecular complexity index is 448. The maximum atomic E-state index is 12.4. The maximum absolute atomic E-state index is 12.4. The third-order valence-electron chi connectivity index (χ3n) is 2.91. The van der Waals surface area contributed by atoms with Gasteiger partial charge in [0.25, 0.3) is 5.91 Å². The lowest BCUT2D eigenvalue weighted by Gasteiger charge is -2.21. The number of anilines is 1. The number of amides is 1. The zero-order valence-electron chi connectivity index (χ0n) is 10.3. The number of nitrogens with one attached hydrogen (secondary N) is 1. The molecule has 18 heavy (non-hydrogen) atoms. The number of hydrogen-bond acceptors (Lipinski definition) is 4. The average molecular weight is 269 g/mol. The Morgan fingerprint density at radius 2 is 2.33 bits per heavy atom. The molecule has 0 bridgehead atoms. The highest BCUT2D eigenvalue weighted by molar-refractivity contribution is 6.33. The molecule has 1 fully saturated rings. The lowest BCUT2D eigenvalue weighted by molar-refractivity contribution is 0.0737. The molecule has 1 aliphatic rings. The van der Waals surface area contributed by atoms with E-state index in [-0.39, 0.29) is 11.6 Å². The van der Waals surface area contributed by atoms with E-state index < -0.39 is 0 Å². The van der Waals surface area contributed by atoms with Crippen LogP contribution in [0.15, 0.2) is 12.1 Å². The molecular weight excluding hydrogens is 252 g/mol. The number of nitrogen functional groups attached to an aromatic ring is 1. The van der Waals surface area contributed by atoms with Crippen LogP contribution in [-0.2, 0) is 0 Å². The minimum Gasteiger partial charge on any atom is -0.334 e. The Morgan fingerprint density at radius 1 is 1.61 bits per heavy atom. The van der Waals surface area contributed by atoms with Crippen molar-refractivity contribution in [3.8, 4) is 0 Å². The van der Waals surface area contributed by atoms with Crippen LogP contribution in [0.4, 0.5) is 5.82 Å². The van der Waals surface area contributed by atoms with Gasteiger partial charge in [-0.2, -0.15) is 0 Å². The molecule has 0 aromatic carbocycles. The van der Waals surface area contributed by atoms with Crippen LogP contribution in [0.1, 0.15) is 36.7 Å². The van der Waals surface area contributed by atoms with Crippen LogP contribution in [-0.4, -0.2) is 28.4 Å². The zero-order valence-corrected chi connectivity index (χ0v) is 11.1. The van der Waals surface area contributed by atoms with Crippen molar-refractivity contribution in [2.45, 2.75) is 32.2 Å². The van der Waals surface area contributed by atoms with Gasteiger partial charge in [-0.25, -0.2) is 10.8 Å². The smallest absolute Gasteiger partial charge is 0.274 e. The Labute approximate surface area is 111 Å². The van der Waals surface area contributed by atoms with E-state index in [1.165, 1.54) is 0 Å². The lowest BCUT2D eigenvalue weighted by atomic mass is 10.2. The van der Waals surface area contributed by atoms with Gasteiger partial charge in [-0.3, -0.25) is 4.79 Å². The number of nitrogens with zero attached hydrogens (tertiary/aromatic N) is 2. The van der Waals surface area contributed by atoms with Gasteiger partial charge in [0, 0.05) is 12.6 Å². The van der Waals surface area contributed by atoms with E-state index in [1.54, 1.807) is 12.1 Å². The number of hydrazine groups is 1. The summed E-state index contributed by atoms with van der Waals surface area (Å²) in [7, 11) is 0. The van der Waals surface area contributed by atoms with Gasteiger partial charge in [0.2, 0.25) is 0 Å². The summed E-state index contributed by atoms with van der Waals surface area (Å²) in [6.07, 6.45) is 3.06. The quantitative estimate of drug-likeness (QED) is 0.633. The van der Waals surface area contributed by atoms with Crippen molar-refractivity contribution >= 4 is 23.3 Å². The number of pyridine rings is 1. The first-order valence-corrected chi connectivity index (χ1v) is 6.49. The molecule has 98 valence electrons. The van der Waals surface area contributed by atoms with Crippen LogP contribution in [0.2, 0.25) is 5.02 Å². The van der Waals surface area contributed by atoms with Crippen molar-refractivity contribution in [2.75, 3.05) is 12.0 Å². The van der Waals surface area contributed by atoms with Crippen LogP contribution < -0.4 is 11.3 Å². The second-order valence-electron chi connectivity index (χ2n) is 4.40. The summed E-state index contributed by atoms with van der Waals surface area (Å²) in [6, 6.07) is 3.62. The second kappa shape index (κ2) is 5.54. The van der Waals surface area contributed by atoms with Crippen LogP contribution >= 0.6 is 11.6 Å². The summed E-state index contributed by atoms with van der Waals surface area (Å²) < 4.78 is 0. The number of hydrogen-bond donors (Lipinski definition) is 2. The highest BCUT2D eigenvalue weighted by atomic mass is 35.5. The number of halogens is 1. The fourth-order valence-corrected chi connectivity index (χ4v) is 2.07. The fraction of sp³-hybridized carbons (Fsp3) is 0.500. The number of carbonyl (C=O) groups is 1. The summed E-state index contributed by atoms with van der Waals surface area (Å²) in [4.78, 5) is 18.4. The molecule has 1 aromatic heterocycles. The van der Waals surface area contributed by atoms with Crippen molar-refractivity contribution < 1.29 is 4.79 Å². The molecule has 3 N–H and O–H groups in total. The van der Waals surface area contributed by atoms with Gasteiger partial charge in [-0.1, -0.05) is 18.5 Å². The minimum atomic E-state index is -0.110. The average Bonchev–Trinajstić information content (AvgIpc) is 3.20. The van der Waals surface area contributed by atoms with Gasteiger partial charge in [0.1, 0.15) is 11.5 Å². The first-order valence-electron chi connectivity index (χ1n) is 6.11. The summed E-state index contributed by atoms with van der Waals surface area (Å²) in [5.74, 6) is 5.63. The SMILES string of the molecule is CCCN(C(=O)c1nc(NN)ccc1Cl)C1CC1. The lowest BCUT2D eigenvalue weighted by Crippen LogP contribution is -2.34. The number of carbonyl (C=O) groups excluding carboxylic acids is 1. The van der Waals surface area contributed by atoms with Gasteiger partial charge in [0.05, 0.1) is 5.02 Å². The number of rotatable bonds is 5. The van der Waals surface area contributed by atoms with Gasteiger partial charge in [-0.05, 0) is 31.4 Å².